The van der Waals surface area contributed by atoms with E-state index in [1.54, 1.807) is 20.4 Å². The van der Waals surface area contributed by atoms with Gasteiger partial charge in [0, 0.05) is 29.9 Å². The highest BCUT2D eigenvalue weighted by atomic mass is 16.5. The molecule has 6 nitrogen and oxygen atoms in total. The van der Waals surface area contributed by atoms with Crippen molar-refractivity contribution in [1.29, 1.82) is 0 Å². The number of hydrogen-bond donors (Lipinski definition) is 1. The Labute approximate surface area is 159 Å². The molecule has 3 rings (SSSR count). The van der Waals surface area contributed by atoms with Gasteiger partial charge in [0.2, 0.25) is 0 Å². The molecule has 2 heterocycles. The topological polar surface area (TPSA) is 71.9 Å². The molecule has 1 aliphatic heterocycles. The molecule has 0 bridgehead atoms. The molecule has 0 radical (unpaired) electrons. The summed E-state index contributed by atoms with van der Waals surface area (Å²) >= 11 is 0. The van der Waals surface area contributed by atoms with Crippen molar-refractivity contribution >= 4 is 5.97 Å². The van der Waals surface area contributed by atoms with Gasteiger partial charge in [-0.3, -0.25) is 14.7 Å². The van der Waals surface area contributed by atoms with Crippen LogP contribution < -0.4 is 9.47 Å². The highest BCUT2D eigenvalue weighted by molar-refractivity contribution is 5.73. The number of aromatic nitrogens is 1. The van der Waals surface area contributed by atoms with Gasteiger partial charge in [-0.05, 0) is 49.7 Å². The van der Waals surface area contributed by atoms with E-state index in [4.69, 9.17) is 9.47 Å². The molecule has 0 aliphatic carbocycles. The molecule has 1 N–H and O–H groups in total. The molecule has 1 aromatic carbocycles. The Bertz CT molecular complexity index is 766. The molecular formula is C21H26N2O4. The maximum atomic E-state index is 11.9. The van der Waals surface area contributed by atoms with Gasteiger partial charge < -0.3 is 14.6 Å². The van der Waals surface area contributed by atoms with E-state index >= 15 is 0 Å². The second kappa shape index (κ2) is 8.86. The van der Waals surface area contributed by atoms with Gasteiger partial charge in [-0.1, -0.05) is 12.5 Å². The molecule has 2 aromatic rings. The second-order valence-corrected chi connectivity index (χ2v) is 6.74. The zero-order valence-electron chi connectivity index (χ0n) is 15.8. The molecule has 1 aliphatic rings. The lowest BCUT2D eigenvalue weighted by atomic mass is 9.92. The van der Waals surface area contributed by atoms with Gasteiger partial charge in [-0.25, -0.2) is 0 Å². The zero-order valence-corrected chi connectivity index (χ0v) is 15.8. The monoisotopic (exact) mass is 370 g/mol. The van der Waals surface area contributed by atoms with Crippen LogP contribution in [0.4, 0.5) is 0 Å². The molecule has 0 spiro atoms. The molecular weight excluding hydrogens is 344 g/mol. The third-order valence-electron chi connectivity index (χ3n) is 5.15. The Kier molecular flexibility index (Phi) is 6.29. The van der Waals surface area contributed by atoms with Crippen LogP contribution in [0.15, 0.2) is 42.6 Å². The molecule has 2 unspecified atom stereocenters. The van der Waals surface area contributed by atoms with Crippen LogP contribution in [0.2, 0.25) is 0 Å². The summed E-state index contributed by atoms with van der Waals surface area (Å²) in [6, 6.07) is 10.8. The Morgan fingerprint density at radius 1 is 1.26 bits per heavy atom. The summed E-state index contributed by atoms with van der Waals surface area (Å²) in [6.07, 6.45) is 4.93. The first-order chi connectivity index (χ1) is 13.1. The average molecular weight is 370 g/mol. The van der Waals surface area contributed by atoms with Crippen LogP contribution in [-0.2, 0) is 11.2 Å². The maximum absolute atomic E-state index is 11.9. The van der Waals surface area contributed by atoms with E-state index in [1.807, 2.05) is 36.4 Å². The third-order valence-corrected chi connectivity index (χ3v) is 5.15. The fourth-order valence-corrected chi connectivity index (χ4v) is 3.81. The van der Waals surface area contributed by atoms with Crippen molar-refractivity contribution in [2.75, 3.05) is 20.8 Å². The minimum Gasteiger partial charge on any atom is -0.497 e. The zero-order chi connectivity index (χ0) is 19.2. The van der Waals surface area contributed by atoms with E-state index < -0.39 is 12.0 Å². The molecule has 0 saturated carbocycles. The lowest BCUT2D eigenvalue weighted by Gasteiger charge is -2.39. The molecule has 144 valence electrons. The number of hydrogen-bond acceptors (Lipinski definition) is 5. The highest BCUT2D eigenvalue weighted by Crippen LogP contribution is 2.37. The van der Waals surface area contributed by atoms with Crippen molar-refractivity contribution in [1.82, 2.24) is 9.88 Å². The number of aliphatic carboxylic acids is 1. The lowest BCUT2D eigenvalue weighted by molar-refractivity contribution is -0.146. The van der Waals surface area contributed by atoms with Crippen molar-refractivity contribution < 1.29 is 19.4 Å². The fourth-order valence-electron chi connectivity index (χ4n) is 3.81. The van der Waals surface area contributed by atoms with E-state index in [9.17, 15) is 9.90 Å². The maximum Gasteiger partial charge on any atom is 0.320 e. The molecule has 6 heteroatoms. The van der Waals surface area contributed by atoms with Gasteiger partial charge in [0.15, 0.2) is 0 Å². The number of likely N-dealkylation sites (tertiary alicyclic amines) is 1. The number of piperidine rings is 1. The van der Waals surface area contributed by atoms with E-state index in [1.165, 1.54) is 0 Å². The number of nitrogens with zero attached hydrogens (tertiary/aromatic N) is 2. The minimum absolute atomic E-state index is 0.161. The molecule has 1 saturated heterocycles. The smallest absolute Gasteiger partial charge is 0.320 e. The number of ether oxygens (including phenoxy) is 2. The molecule has 2 atom stereocenters. The summed E-state index contributed by atoms with van der Waals surface area (Å²) in [5.74, 6) is 0.676. The Morgan fingerprint density at radius 2 is 2.11 bits per heavy atom. The summed E-state index contributed by atoms with van der Waals surface area (Å²) in [5, 5.41) is 9.78. The summed E-state index contributed by atoms with van der Waals surface area (Å²) in [5.41, 5.74) is 1.85. The summed E-state index contributed by atoms with van der Waals surface area (Å²) in [6.45, 7) is 0.731. The Morgan fingerprint density at radius 3 is 2.78 bits per heavy atom. The summed E-state index contributed by atoms with van der Waals surface area (Å²) < 4.78 is 11.0. The van der Waals surface area contributed by atoms with Crippen molar-refractivity contribution in [3.8, 4) is 11.5 Å². The molecule has 0 amide bonds. The Balaban J connectivity index is 2.05. The number of carboxylic acids is 1. The molecule has 1 aromatic heterocycles. The van der Waals surface area contributed by atoms with Gasteiger partial charge >= 0.3 is 5.97 Å². The van der Waals surface area contributed by atoms with Gasteiger partial charge in [-0.15, -0.1) is 0 Å². The summed E-state index contributed by atoms with van der Waals surface area (Å²) in [4.78, 5) is 18.5. The van der Waals surface area contributed by atoms with Crippen LogP contribution in [0.25, 0.3) is 0 Å². The quantitative estimate of drug-likeness (QED) is 0.806. The normalized spacial score (nSPS) is 18.7. The van der Waals surface area contributed by atoms with Crippen LogP contribution in [0, 0.1) is 0 Å². The van der Waals surface area contributed by atoms with Gasteiger partial charge in [0.05, 0.1) is 14.2 Å². The van der Waals surface area contributed by atoms with Crippen molar-refractivity contribution in [3.63, 3.8) is 0 Å². The SMILES string of the molecule is COc1ccc(OC)c(C(Cc2ccccn2)N2CCCCC2C(=O)O)c1. The Hall–Kier alpha value is -2.60. The van der Waals surface area contributed by atoms with Crippen LogP contribution >= 0.6 is 0 Å². The molecule has 1 fully saturated rings. The van der Waals surface area contributed by atoms with Crippen molar-refractivity contribution in [2.45, 2.75) is 37.8 Å². The molecule has 27 heavy (non-hydrogen) atoms. The van der Waals surface area contributed by atoms with E-state index in [0.717, 1.165) is 42.1 Å². The lowest BCUT2D eigenvalue weighted by Crippen LogP contribution is -2.47. The number of carboxylic acid groups (broad SMARTS) is 1. The summed E-state index contributed by atoms with van der Waals surface area (Å²) in [7, 11) is 3.26. The van der Waals surface area contributed by atoms with Crippen molar-refractivity contribution in [3.05, 3.63) is 53.9 Å². The van der Waals surface area contributed by atoms with Crippen LogP contribution in [0.5, 0.6) is 11.5 Å². The predicted molar refractivity (Wildman–Crippen MR) is 102 cm³/mol. The second-order valence-electron chi connectivity index (χ2n) is 6.74. The van der Waals surface area contributed by atoms with Crippen molar-refractivity contribution in [2.24, 2.45) is 0 Å². The number of benzene rings is 1. The van der Waals surface area contributed by atoms with Gasteiger partial charge in [0.25, 0.3) is 0 Å². The first kappa shape index (κ1) is 19.2. The predicted octanol–water partition coefficient (Wildman–Crippen LogP) is 3.32. The fraction of sp³-hybridized carbons (Fsp3) is 0.429. The minimum atomic E-state index is -0.775. The van der Waals surface area contributed by atoms with Crippen LogP contribution in [0.3, 0.4) is 0 Å². The van der Waals surface area contributed by atoms with Crippen LogP contribution in [-0.4, -0.2) is 47.8 Å². The first-order valence-corrected chi connectivity index (χ1v) is 9.24. The number of methoxy groups -OCH3 is 2. The third kappa shape index (κ3) is 4.39. The van der Waals surface area contributed by atoms with E-state index in [0.29, 0.717) is 12.8 Å². The van der Waals surface area contributed by atoms with Gasteiger partial charge in [0.1, 0.15) is 17.5 Å². The van der Waals surface area contributed by atoms with E-state index in [2.05, 4.69) is 9.88 Å². The number of rotatable bonds is 7. The number of pyridine rings is 1. The average Bonchev–Trinajstić information content (AvgIpc) is 2.72. The first-order valence-electron chi connectivity index (χ1n) is 9.24. The van der Waals surface area contributed by atoms with Gasteiger partial charge in [-0.2, -0.15) is 0 Å². The van der Waals surface area contributed by atoms with E-state index in [-0.39, 0.29) is 6.04 Å². The van der Waals surface area contributed by atoms with Crippen LogP contribution in [0.1, 0.15) is 36.6 Å². The standard InChI is InChI=1S/C21H26N2O4/c1-26-16-9-10-20(27-2)17(14-16)19(13-15-7-3-5-11-22-15)23-12-6-4-8-18(23)21(24)25/h3,5,7,9-11,14,18-19H,4,6,8,12-13H2,1-2H3,(H,24,25). The number of carbonyl (C=O) groups is 1. The highest BCUT2D eigenvalue weighted by Gasteiger charge is 2.35. The largest absolute Gasteiger partial charge is 0.497 e.